The van der Waals surface area contributed by atoms with Gasteiger partial charge in [-0.05, 0) is 35.4 Å². The highest BCUT2D eigenvalue weighted by molar-refractivity contribution is 8.26. The van der Waals surface area contributed by atoms with E-state index >= 15 is 0 Å². The van der Waals surface area contributed by atoms with Crippen molar-refractivity contribution in [3.63, 3.8) is 0 Å². The van der Waals surface area contributed by atoms with Crippen molar-refractivity contribution in [2.75, 3.05) is 19.0 Å². The van der Waals surface area contributed by atoms with Gasteiger partial charge in [-0.1, -0.05) is 54.3 Å². The van der Waals surface area contributed by atoms with Crippen LogP contribution >= 0.6 is 24.0 Å². The van der Waals surface area contributed by atoms with Crippen LogP contribution in [0.1, 0.15) is 11.1 Å². The Bertz CT molecular complexity index is 1200. The summed E-state index contributed by atoms with van der Waals surface area (Å²) < 4.78 is 0.258. The van der Waals surface area contributed by atoms with Gasteiger partial charge in [0, 0.05) is 43.3 Å². The number of carbonyl (C=O) groups is 2. The van der Waals surface area contributed by atoms with Crippen LogP contribution in [-0.4, -0.2) is 51.3 Å². The molecule has 1 aliphatic rings. The van der Waals surface area contributed by atoms with Gasteiger partial charge in [0.1, 0.15) is 10.4 Å². The quantitative estimate of drug-likeness (QED) is 0.434. The normalized spacial score (nSPS) is 16.3. The topological polar surface area (TPSA) is 76.6 Å². The van der Waals surface area contributed by atoms with Crippen molar-refractivity contribution < 1.29 is 14.7 Å². The molecule has 31 heavy (non-hydrogen) atoms. The number of rotatable bonds is 6. The number of aromatic amines is 1. The summed E-state index contributed by atoms with van der Waals surface area (Å²) in [5, 5.41) is 10.8. The van der Waals surface area contributed by atoms with Gasteiger partial charge in [0.05, 0.1) is 4.91 Å². The Morgan fingerprint density at radius 1 is 1.23 bits per heavy atom. The van der Waals surface area contributed by atoms with Crippen molar-refractivity contribution in [1.29, 1.82) is 0 Å². The summed E-state index contributed by atoms with van der Waals surface area (Å²) in [4.78, 5) is 32.0. The number of fused-ring (bicyclic) bond motifs is 1. The van der Waals surface area contributed by atoms with Gasteiger partial charge in [-0.25, -0.2) is 4.79 Å². The summed E-state index contributed by atoms with van der Waals surface area (Å²) in [5.41, 5.74) is 3.66. The lowest BCUT2D eigenvalue weighted by atomic mass is 10.0. The van der Waals surface area contributed by atoms with Crippen molar-refractivity contribution in [2.45, 2.75) is 12.5 Å². The number of nitrogens with zero attached hydrogens (tertiary/aromatic N) is 2. The molecule has 2 aromatic carbocycles. The fourth-order valence-electron chi connectivity index (χ4n) is 3.57. The van der Waals surface area contributed by atoms with Crippen LogP contribution in [0, 0.1) is 0 Å². The highest BCUT2D eigenvalue weighted by Crippen LogP contribution is 2.35. The number of anilines is 1. The predicted octanol–water partition coefficient (Wildman–Crippen LogP) is 4.13. The molecule has 8 heteroatoms. The number of amides is 1. The number of aromatic nitrogens is 1. The fraction of sp³-hybridized carbons (Fsp3) is 0.174. The molecule has 0 saturated carbocycles. The van der Waals surface area contributed by atoms with Gasteiger partial charge < -0.3 is 15.0 Å². The molecule has 6 nitrogen and oxygen atoms in total. The third kappa shape index (κ3) is 4.22. The van der Waals surface area contributed by atoms with Crippen LogP contribution in [0.15, 0.2) is 59.6 Å². The SMILES string of the molecule is CN(C)c1ccc(/C=C2\SC(=S)N([C@@H](Cc3c[nH]c4ccccc34)C(=O)O)C2=O)cc1. The van der Waals surface area contributed by atoms with Crippen molar-refractivity contribution in [1.82, 2.24) is 9.88 Å². The minimum Gasteiger partial charge on any atom is -0.480 e. The number of thioether (sulfide) groups is 1. The van der Waals surface area contributed by atoms with Crippen LogP contribution in [0.2, 0.25) is 0 Å². The molecular formula is C23H21N3O3S2. The lowest BCUT2D eigenvalue weighted by Crippen LogP contribution is -2.45. The first-order chi connectivity index (χ1) is 14.8. The summed E-state index contributed by atoms with van der Waals surface area (Å²) >= 11 is 6.54. The molecular weight excluding hydrogens is 430 g/mol. The van der Waals surface area contributed by atoms with E-state index in [9.17, 15) is 14.7 Å². The molecule has 0 spiro atoms. The van der Waals surface area contributed by atoms with Crippen LogP contribution in [0.3, 0.4) is 0 Å². The smallest absolute Gasteiger partial charge is 0.327 e. The van der Waals surface area contributed by atoms with E-state index in [1.54, 1.807) is 12.3 Å². The van der Waals surface area contributed by atoms with E-state index in [0.717, 1.165) is 39.5 Å². The summed E-state index contributed by atoms with van der Waals surface area (Å²) in [5.74, 6) is -1.46. The second kappa shape index (κ2) is 8.56. The molecule has 3 aromatic rings. The molecule has 0 radical (unpaired) electrons. The van der Waals surface area contributed by atoms with Crippen LogP contribution in [0.4, 0.5) is 5.69 Å². The minimum absolute atomic E-state index is 0.163. The molecule has 1 aromatic heterocycles. The Balaban J connectivity index is 1.60. The van der Waals surface area contributed by atoms with Crippen molar-refractivity contribution >= 4 is 62.8 Å². The minimum atomic E-state index is -1.09. The summed E-state index contributed by atoms with van der Waals surface area (Å²) in [6.07, 6.45) is 3.71. The van der Waals surface area contributed by atoms with Gasteiger partial charge in [-0.15, -0.1) is 0 Å². The molecule has 1 atom stereocenters. The molecule has 4 rings (SSSR count). The second-order valence-electron chi connectivity index (χ2n) is 7.46. The van der Waals surface area contributed by atoms with E-state index in [4.69, 9.17) is 12.2 Å². The maximum atomic E-state index is 13.1. The van der Waals surface area contributed by atoms with E-state index in [1.165, 1.54) is 4.90 Å². The molecule has 0 aliphatic carbocycles. The molecule has 1 aliphatic heterocycles. The molecule has 1 amide bonds. The number of benzene rings is 2. The lowest BCUT2D eigenvalue weighted by molar-refractivity contribution is -0.145. The zero-order chi connectivity index (χ0) is 22.1. The average Bonchev–Trinajstić information content (AvgIpc) is 3.27. The number of carbonyl (C=O) groups excluding carboxylic acids is 1. The van der Waals surface area contributed by atoms with Crippen LogP contribution in [0.5, 0.6) is 0 Å². The van der Waals surface area contributed by atoms with Crippen molar-refractivity contribution in [3.05, 3.63) is 70.8 Å². The third-order valence-electron chi connectivity index (χ3n) is 5.22. The van der Waals surface area contributed by atoms with Gasteiger partial charge in [0.15, 0.2) is 0 Å². The van der Waals surface area contributed by atoms with Crippen LogP contribution < -0.4 is 4.90 Å². The maximum Gasteiger partial charge on any atom is 0.327 e. The largest absolute Gasteiger partial charge is 0.480 e. The van der Waals surface area contributed by atoms with E-state index in [1.807, 2.05) is 67.5 Å². The Morgan fingerprint density at radius 2 is 1.94 bits per heavy atom. The highest BCUT2D eigenvalue weighted by Gasteiger charge is 2.40. The number of aliphatic carboxylic acids is 1. The zero-order valence-corrected chi connectivity index (χ0v) is 18.7. The zero-order valence-electron chi connectivity index (χ0n) is 17.0. The lowest BCUT2D eigenvalue weighted by Gasteiger charge is -2.23. The van der Waals surface area contributed by atoms with E-state index in [0.29, 0.717) is 4.91 Å². The molecule has 1 fully saturated rings. The fourth-order valence-corrected chi connectivity index (χ4v) is 4.92. The molecule has 2 N–H and O–H groups in total. The molecule has 1 saturated heterocycles. The Morgan fingerprint density at radius 3 is 2.61 bits per heavy atom. The first-order valence-corrected chi connectivity index (χ1v) is 10.9. The number of carboxylic acid groups (broad SMARTS) is 1. The Kier molecular flexibility index (Phi) is 5.84. The van der Waals surface area contributed by atoms with Gasteiger partial charge in [0.2, 0.25) is 0 Å². The van der Waals surface area contributed by atoms with Gasteiger partial charge in [-0.3, -0.25) is 9.69 Å². The van der Waals surface area contributed by atoms with E-state index < -0.39 is 12.0 Å². The second-order valence-corrected chi connectivity index (χ2v) is 9.13. The average molecular weight is 452 g/mol. The number of carboxylic acids is 1. The van der Waals surface area contributed by atoms with Gasteiger partial charge in [-0.2, -0.15) is 0 Å². The Labute approximate surface area is 189 Å². The first-order valence-electron chi connectivity index (χ1n) is 9.67. The summed E-state index contributed by atoms with van der Waals surface area (Å²) in [6.45, 7) is 0. The number of para-hydroxylation sites is 1. The van der Waals surface area contributed by atoms with Gasteiger partial charge >= 0.3 is 5.97 Å². The number of H-pyrrole nitrogens is 1. The van der Waals surface area contributed by atoms with Gasteiger partial charge in [0.25, 0.3) is 5.91 Å². The van der Waals surface area contributed by atoms with Crippen LogP contribution in [-0.2, 0) is 16.0 Å². The summed E-state index contributed by atoms with van der Waals surface area (Å²) in [7, 11) is 3.92. The Hall–Kier alpha value is -3.10. The number of thiocarbonyl (C=S) groups is 1. The number of hydrogen-bond donors (Lipinski definition) is 2. The first kappa shape index (κ1) is 21.1. The number of hydrogen-bond acceptors (Lipinski definition) is 5. The monoisotopic (exact) mass is 451 g/mol. The predicted molar refractivity (Wildman–Crippen MR) is 129 cm³/mol. The molecule has 0 unspecified atom stereocenters. The number of nitrogens with one attached hydrogen (secondary N) is 1. The van der Waals surface area contributed by atoms with E-state index in [2.05, 4.69) is 4.98 Å². The standard InChI is InChI=1S/C23H21N3O3S2/c1-25(2)16-9-7-14(8-10-16)11-20-21(27)26(23(30)31-20)19(22(28)29)12-15-13-24-18-6-4-3-5-17(15)18/h3-11,13,19,24H,12H2,1-2H3,(H,28,29)/b20-11-/t19-/m0/s1. The molecule has 2 heterocycles. The van der Waals surface area contributed by atoms with Crippen molar-refractivity contribution in [3.8, 4) is 0 Å². The molecule has 158 valence electrons. The van der Waals surface area contributed by atoms with E-state index in [-0.39, 0.29) is 16.6 Å². The third-order valence-corrected chi connectivity index (χ3v) is 6.55. The summed E-state index contributed by atoms with van der Waals surface area (Å²) in [6, 6.07) is 14.4. The van der Waals surface area contributed by atoms with Crippen LogP contribution in [0.25, 0.3) is 17.0 Å². The molecule has 0 bridgehead atoms. The maximum absolute atomic E-state index is 13.1. The van der Waals surface area contributed by atoms with Crippen molar-refractivity contribution in [2.24, 2.45) is 0 Å². The highest BCUT2D eigenvalue weighted by atomic mass is 32.2.